The van der Waals surface area contributed by atoms with E-state index in [0.29, 0.717) is 0 Å². The van der Waals surface area contributed by atoms with Crippen molar-refractivity contribution in [2.75, 3.05) is 0 Å². The Morgan fingerprint density at radius 2 is 1.04 bits per heavy atom. The quantitative estimate of drug-likeness (QED) is 0.195. The maximum atomic E-state index is 5.05. The van der Waals surface area contributed by atoms with Crippen molar-refractivity contribution in [2.24, 2.45) is 0 Å². The summed E-state index contributed by atoms with van der Waals surface area (Å²) in [5.41, 5.74) is 12.2. The van der Waals surface area contributed by atoms with Gasteiger partial charge in [-0.2, -0.15) is 0 Å². The van der Waals surface area contributed by atoms with Crippen molar-refractivity contribution in [3.8, 4) is 44.9 Å². The minimum absolute atomic E-state index is 0.143. The number of benzene rings is 6. The smallest absolute Gasteiger partial charge is 0.160 e. The molecule has 0 saturated heterocycles. The Hall–Kier alpha value is -4.99. The number of hydrogen-bond donors (Lipinski definition) is 0. The van der Waals surface area contributed by atoms with Crippen LogP contribution in [0.5, 0.6) is 0 Å². The second-order valence-electron chi connectivity index (χ2n) is 12.9. The minimum Gasteiger partial charge on any atom is -0.228 e. The van der Waals surface area contributed by atoms with Crippen molar-refractivity contribution < 1.29 is 0 Å². The molecular weight excluding hydrogens is 589 g/mol. The van der Waals surface area contributed by atoms with Gasteiger partial charge >= 0.3 is 0 Å². The zero-order valence-electron chi connectivity index (χ0n) is 26.2. The zero-order chi connectivity index (χ0) is 31.2. The highest BCUT2D eigenvalue weighted by molar-refractivity contribution is 7.99. The van der Waals surface area contributed by atoms with Crippen LogP contribution < -0.4 is 0 Å². The van der Waals surface area contributed by atoms with Gasteiger partial charge in [-0.15, -0.1) is 0 Å². The van der Waals surface area contributed by atoms with E-state index in [1.165, 1.54) is 69.7 Å². The number of para-hydroxylation sites is 1. The first kappa shape index (κ1) is 28.3. The summed E-state index contributed by atoms with van der Waals surface area (Å²) in [4.78, 5) is 12.9. The lowest BCUT2D eigenvalue weighted by Gasteiger charge is -2.43. The highest BCUT2D eigenvalue weighted by Gasteiger charge is 2.41. The first-order valence-electron chi connectivity index (χ1n) is 16.7. The summed E-state index contributed by atoms with van der Waals surface area (Å²) in [6, 6.07) is 52.7. The molecule has 1 fully saturated rings. The first-order valence-corrected chi connectivity index (χ1v) is 17.5. The predicted octanol–water partition coefficient (Wildman–Crippen LogP) is 12.0. The van der Waals surface area contributed by atoms with Crippen molar-refractivity contribution >= 4 is 22.7 Å². The predicted molar refractivity (Wildman–Crippen MR) is 196 cm³/mol. The molecule has 1 spiro atoms. The lowest BCUT2D eigenvalue weighted by molar-refractivity contribution is 0.335. The molecule has 0 N–H and O–H groups in total. The molecule has 1 aliphatic heterocycles. The molecule has 6 aromatic carbocycles. The molecule has 2 heterocycles. The van der Waals surface area contributed by atoms with Crippen LogP contribution in [0.15, 0.2) is 155 Å². The van der Waals surface area contributed by atoms with E-state index in [2.05, 4.69) is 133 Å². The van der Waals surface area contributed by atoms with Crippen LogP contribution in [0.25, 0.3) is 55.8 Å². The van der Waals surface area contributed by atoms with Crippen LogP contribution in [0, 0.1) is 0 Å². The fourth-order valence-electron chi connectivity index (χ4n) is 7.77. The summed E-state index contributed by atoms with van der Waals surface area (Å²) in [6.45, 7) is 0. The largest absolute Gasteiger partial charge is 0.228 e. The van der Waals surface area contributed by atoms with Gasteiger partial charge in [-0.05, 0) is 70.5 Å². The van der Waals surface area contributed by atoms with Crippen LogP contribution >= 0.6 is 11.8 Å². The van der Waals surface area contributed by atoms with Gasteiger partial charge < -0.3 is 0 Å². The van der Waals surface area contributed by atoms with Gasteiger partial charge in [-0.1, -0.05) is 152 Å². The Morgan fingerprint density at radius 3 is 1.81 bits per heavy atom. The van der Waals surface area contributed by atoms with Crippen LogP contribution in [0.4, 0.5) is 0 Å². The molecule has 47 heavy (non-hydrogen) atoms. The van der Waals surface area contributed by atoms with E-state index in [4.69, 9.17) is 9.97 Å². The highest BCUT2D eigenvalue weighted by Crippen LogP contribution is 2.55. The second kappa shape index (κ2) is 11.7. The van der Waals surface area contributed by atoms with Gasteiger partial charge in [0.05, 0.1) is 11.2 Å². The molecule has 0 radical (unpaired) electrons. The molecule has 2 aliphatic rings. The average Bonchev–Trinajstić information content (AvgIpc) is 3.15. The van der Waals surface area contributed by atoms with E-state index in [0.717, 1.165) is 33.5 Å². The molecule has 1 aliphatic carbocycles. The number of fused-ring (bicyclic) bond motifs is 5. The zero-order valence-corrected chi connectivity index (χ0v) is 27.0. The SMILES string of the molecule is c1ccc(-c2nc(-c3ccc(-c4ccc(-c5ccc6c(c5)C5(CCCCC5)c5ccccc5S6)cc4)cc3)nc3ccccc23)cc1. The second-order valence-corrected chi connectivity index (χ2v) is 14.0. The van der Waals surface area contributed by atoms with Gasteiger partial charge in [0.1, 0.15) is 0 Å². The third kappa shape index (κ3) is 4.97. The van der Waals surface area contributed by atoms with Gasteiger partial charge in [0.2, 0.25) is 0 Å². The number of nitrogens with zero attached hydrogens (tertiary/aromatic N) is 2. The molecule has 0 atom stereocenters. The Morgan fingerprint density at radius 1 is 0.447 bits per heavy atom. The fraction of sp³-hybridized carbons (Fsp3) is 0.136. The van der Waals surface area contributed by atoms with Crippen molar-refractivity contribution in [2.45, 2.75) is 47.3 Å². The van der Waals surface area contributed by atoms with Gasteiger partial charge in [0.25, 0.3) is 0 Å². The molecule has 1 saturated carbocycles. The van der Waals surface area contributed by atoms with Gasteiger partial charge in [-0.25, -0.2) is 9.97 Å². The number of aromatic nitrogens is 2. The van der Waals surface area contributed by atoms with Crippen molar-refractivity contribution in [3.05, 3.63) is 157 Å². The van der Waals surface area contributed by atoms with Crippen molar-refractivity contribution in [1.29, 1.82) is 0 Å². The summed E-state index contributed by atoms with van der Waals surface area (Å²) in [7, 11) is 0. The average molecular weight is 623 g/mol. The Kier molecular flexibility index (Phi) is 7.01. The van der Waals surface area contributed by atoms with Gasteiger partial charge in [0, 0.05) is 31.7 Å². The van der Waals surface area contributed by atoms with E-state index >= 15 is 0 Å². The normalized spacial score (nSPS) is 14.9. The third-order valence-electron chi connectivity index (χ3n) is 10.2. The monoisotopic (exact) mass is 622 g/mol. The molecule has 2 nitrogen and oxygen atoms in total. The fourth-order valence-corrected chi connectivity index (χ4v) is 9.03. The van der Waals surface area contributed by atoms with Crippen LogP contribution in [0.2, 0.25) is 0 Å². The molecule has 7 aromatic rings. The summed E-state index contributed by atoms with van der Waals surface area (Å²) in [6.07, 6.45) is 6.44. The molecular formula is C44H34N2S. The lowest BCUT2D eigenvalue weighted by atomic mass is 9.65. The van der Waals surface area contributed by atoms with Crippen LogP contribution in [0.1, 0.15) is 43.2 Å². The molecule has 1 aromatic heterocycles. The van der Waals surface area contributed by atoms with E-state index in [1.54, 1.807) is 5.56 Å². The highest BCUT2D eigenvalue weighted by atomic mass is 32.2. The van der Waals surface area contributed by atoms with Crippen molar-refractivity contribution in [3.63, 3.8) is 0 Å². The summed E-state index contributed by atoms with van der Waals surface area (Å²) >= 11 is 1.94. The Balaban J connectivity index is 1.02. The van der Waals surface area contributed by atoms with Crippen LogP contribution in [0.3, 0.4) is 0 Å². The third-order valence-corrected chi connectivity index (χ3v) is 11.3. The standard InChI is InChI=1S/C44H34N2S/c1-3-11-33(12-4-1)42-36-13-5-7-15-39(36)45-43(46-42)34-23-21-31(22-24-34)30-17-19-32(20-18-30)35-25-26-41-38(29-35)44(27-9-2-10-28-44)37-14-6-8-16-40(37)47-41/h1,3-8,11-26,29H,2,9-10,27-28H2. The number of hydrogen-bond acceptors (Lipinski definition) is 3. The van der Waals surface area contributed by atoms with E-state index in [9.17, 15) is 0 Å². The topological polar surface area (TPSA) is 25.8 Å². The summed E-state index contributed by atoms with van der Waals surface area (Å²) in [5, 5.41) is 1.07. The Labute approximate surface area is 280 Å². The maximum absolute atomic E-state index is 5.05. The number of rotatable bonds is 4. The van der Waals surface area contributed by atoms with E-state index in [-0.39, 0.29) is 5.41 Å². The summed E-state index contributed by atoms with van der Waals surface area (Å²) < 4.78 is 0. The molecule has 0 unspecified atom stereocenters. The summed E-state index contributed by atoms with van der Waals surface area (Å²) in [5.74, 6) is 0.744. The maximum Gasteiger partial charge on any atom is 0.160 e. The van der Waals surface area contributed by atoms with Crippen LogP contribution in [-0.4, -0.2) is 9.97 Å². The molecule has 0 amide bonds. The lowest BCUT2D eigenvalue weighted by Crippen LogP contribution is -2.33. The van der Waals surface area contributed by atoms with E-state index in [1.807, 2.05) is 23.9 Å². The van der Waals surface area contributed by atoms with Crippen LogP contribution in [-0.2, 0) is 5.41 Å². The van der Waals surface area contributed by atoms with Gasteiger partial charge in [-0.3, -0.25) is 0 Å². The Bertz CT molecular complexity index is 2230. The molecule has 9 rings (SSSR count). The van der Waals surface area contributed by atoms with E-state index < -0.39 is 0 Å². The minimum atomic E-state index is 0.143. The molecule has 0 bridgehead atoms. The van der Waals surface area contributed by atoms with Crippen molar-refractivity contribution in [1.82, 2.24) is 9.97 Å². The molecule has 3 heteroatoms. The first-order chi connectivity index (χ1) is 23.2. The van der Waals surface area contributed by atoms with Gasteiger partial charge in [0.15, 0.2) is 5.82 Å². The molecule has 226 valence electrons.